The Hall–Kier alpha value is -2.80. The standard InChI is InChI=1S/C21H23NO5S/c1-4-26-20-13-17-11-14(2)27-21(17)12-16(20)7-10-19(23)15-5-8-18(9-6-15)22-28(3,24)25/h5-10,12-14,22H,4,11H2,1-3H3/b10-7-/t14-/m0/s1. The molecule has 1 atom stereocenters. The molecular formula is C21H23NO5S. The first-order valence-corrected chi connectivity index (χ1v) is 10.9. The van der Waals surface area contributed by atoms with E-state index in [4.69, 9.17) is 9.47 Å². The van der Waals surface area contributed by atoms with Crippen LogP contribution in [0, 0.1) is 0 Å². The fraction of sp³-hybridized carbons (Fsp3) is 0.286. The van der Waals surface area contributed by atoms with Crippen molar-refractivity contribution in [2.24, 2.45) is 0 Å². The first-order chi connectivity index (χ1) is 13.2. The van der Waals surface area contributed by atoms with E-state index in [1.54, 1.807) is 30.3 Å². The summed E-state index contributed by atoms with van der Waals surface area (Å²) in [7, 11) is -3.35. The maximum atomic E-state index is 12.5. The van der Waals surface area contributed by atoms with Crippen molar-refractivity contribution >= 4 is 27.6 Å². The Kier molecular flexibility index (Phi) is 5.74. The maximum absolute atomic E-state index is 12.5. The van der Waals surface area contributed by atoms with E-state index in [0.29, 0.717) is 17.9 Å². The highest BCUT2D eigenvalue weighted by Gasteiger charge is 2.21. The van der Waals surface area contributed by atoms with Crippen molar-refractivity contribution < 1.29 is 22.7 Å². The lowest BCUT2D eigenvalue weighted by Gasteiger charge is -2.10. The predicted molar refractivity (Wildman–Crippen MR) is 110 cm³/mol. The number of rotatable bonds is 7. The second kappa shape index (κ2) is 8.06. The zero-order valence-corrected chi connectivity index (χ0v) is 16.9. The van der Waals surface area contributed by atoms with Crippen LogP contribution in [-0.4, -0.2) is 33.2 Å². The summed E-state index contributed by atoms with van der Waals surface area (Å²) in [5.74, 6) is 1.35. The molecule has 0 spiro atoms. The average molecular weight is 401 g/mol. The number of carbonyl (C=O) groups is 1. The second-order valence-corrected chi connectivity index (χ2v) is 8.46. The molecule has 3 rings (SSSR count). The Morgan fingerprint density at radius 3 is 2.64 bits per heavy atom. The molecule has 0 fully saturated rings. The highest BCUT2D eigenvalue weighted by Crippen LogP contribution is 2.35. The van der Waals surface area contributed by atoms with Gasteiger partial charge in [0.1, 0.15) is 17.6 Å². The average Bonchev–Trinajstić information content (AvgIpc) is 2.98. The third-order valence-electron chi connectivity index (χ3n) is 4.22. The summed E-state index contributed by atoms with van der Waals surface area (Å²) in [5.41, 5.74) is 2.75. The number of nitrogens with one attached hydrogen (secondary N) is 1. The lowest BCUT2D eigenvalue weighted by atomic mass is 10.0. The first kappa shape index (κ1) is 19.9. The zero-order valence-electron chi connectivity index (χ0n) is 16.1. The molecule has 1 aliphatic rings. The van der Waals surface area contributed by atoms with Crippen molar-refractivity contribution in [2.45, 2.75) is 26.4 Å². The first-order valence-electron chi connectivity index (χ1n) is 9.02. The number of ether oxygens (including phenoxy) is 2. The van der Waals surface area contributed by atoms with Crippen LogP contribution in [0.1, 0.15) is 35.3 Å². The summed E-state index contributed by atoms with van der Waals surface area (Å²) in [6, 6.07) is 10.1. The number of sulfonamides is 1. The zero-order chi connectivity index (χ0) is 20.3. The molecule has 0 aliphatic carbocycles. The van der Waals surface area contributed by atoms with Gasteiger partial charge in [0.15, 0.2) is 5.78 Å². The van der Waals surface area contributed by atoms with Crippen LogP contribution in [0.25, 0.3) is 6.08 Å². The van der Waals surface area contributed by atoms with E-state index in [1.165, 1.54) is 6.08 Å². The third kappa shape index (κ3) is 4.92. The molecule has 148 valence electrons. The fourth-order valence-corrected chi connectivity index (χ4v) is 3.61. The molecule has 2 aromatic rings. The van der Waals surface area contributed by atoms with E-state index >= 15 is 0 Å². The summed E-state index contributed by atoms with van der Waals surface area (Å²) in [5, 5.41) is 0. The second-order valence-electron chi connectivity index (χ2n) is 6.71. The van der Waals surface area contributed by atoms with Crippen LogP contribution in [0.5, 0.6) is 11.5 Å². The van der Waals surface area contributed by atoms with Gasteiger partial charge < -0.3 is 9.47 Å². The predicted octanol–water partition coefficient (Wildman–Crippen LogP) is 3.68. The van der Waals surface area contributed by atoms with Crippen LogP contribution in [0.3, 0.4) is 0 Å². The SMILES string of the molecule is CCOc1cc2c(cc1/C=C\C(=O)c1ccc(NS(C)(=O)=O)cc1)O[C@@H](C)C2. The molecule has 0 aromatic heterocycles. The molecule has 0 amide bonds. The van der Waals surface area contributed by atoms with Gasteiger partial charge >= 0.3 is 0 Å². The van der Waals surface area contributed by atoms with E-state index < -0.39 is 10.0 Å². The molecule has 1 N–H and O–H groups in total. The van der Waals surface area contributed by atoms with Gasteiger partial charge in [0.2, 0.25) is 10.0 Å². The summed E-state index contributed by atoms with van der Waals surface area (Å²) in [6.45, 7) is 4.46. The van der Waals surface area contributed by atoms with Crippen LogP contribution >= 0.6 is 0 Å². The van der Waals surface area contributed by atoms with Gasteiger partial charge in [0.25, 0.3) is 0 Å². The molecule has 0 bridgehead atoms. The molecule has 0 saturated carbocycles. The van der Waals surface area contributed by atoms with Crippen molar-refractivity contribution in [3.8, 4) is 11.5 Å². The van der Waals surface area contributed by atoms with Gasteiger partial charge in [-0.3, -0.25) is 9.52 Å². The van der Waals surface area contributed by atoms with Crippen LogP contribution < -0.4 is 14.2 Å². The molecule has 2 aromatic carbocycles. The number of anilines is 1. The van der Waals surface area contributed by atoms with Crippen molar-refractivity contribution in [1.29, 1.82) is 0 Å². The number of fused-ring (bicyclic) bond motifs is 1. The minimum Gasteiger partial charge on any atom is -0.493 e. The van der Waals surface area contributed by atoms with Crippen molar-refractivity contribution in [3.05, 3.63) is 59.2 Å². The van der Waals surface area contributed by atoms with Crippen LogP contribution in [0.2, 0.25) is 0 Å². The fourth-order valence-electron chi connectivity index (χ4n) is 3.04. The number of benzene rings is 2. The maximum Gasteiger partial charge on any atom is 0.229 e. The van der Waals surface area contributed by atoms with Crippen LogP contribution in [0.4, 0.5) is 5.69 Å². The Labute approximate surface area is 165 Å². The number of ketones is 1. The van der Waals surface area contributed by atoms with E-state index in [1.807, 2.05) is 26.0 Å². The molecule has 1 heterocycles. The van der Waals surface area contributed by atoms with E-state index in [0.717, 1.165) is 35.3 Å². The molecule has 28 heavy (non-hydrogen) atoms. The summed E-state index contributed by atoms with van der Waals surface area (Å²) < 4.78 is 36.4. The van der Waals surface area contributed by atoms with Crippen LogP contribution in [-0.2, 0) is 16.4 Å². The number of carbonyl (C=O) groups excluding carboxylic acids is 1. The molecule has 1 aliphatic heterocycles. The molecule has 0 saturated heterocycles. The molecular weight excluding hydrogens is 378 g/mol. The molecule has 0 radical (unpaired) electrons. The Morgan fingerprint density at radius 2 is 2.00 bits per heavy atom. The lowest BCUT2D eigenvalue weighted by Crippen LogP contribution is -2.09. The van der Waals surface area contributed by atoms with Gasteiger partial charge in [-0.2, -0.15) is 0 Å². The number of hydrogen-bond acceptors (Lipinski definition) is 5. The Morgan fingerprint density at radius 1 is 1.29 bits per heavy atom. The summed E-state index contributed by atoms with van der Waals surface area (Å²) in [6.07, 6.45) is 5.23. The minimum atomic E-state index is -3.35. The lowest BCUT2D eigenvalue weighted by molar-refractivity contribution is 0.104. The highest BCUT2D eigenvalue weighted by molar-refractivity contribution is 7.92. The largest absolute Gasteiger partial charge is 0.493 e. The van der Waals surface area contributed by atoms with Gasteiger partial charge in [0.05, 0.1) is 12.9 Å². The number of allylic oxidation sites excluding steroid dienone is 1. The van der Waals surface area contributed by atoms with Crippen molar-refractivity contribution in [2.75, 3.05) is 17.6 Å². The normalized spacial score (nSPS) is 15.9. The quantitative estimate of drug-likeness (QED) is 0.565. The van der Waals surface area contributed by atoms with Gasteiger partial charge in [-0.05, 0) is 62.4 Å². The van der Waals surface area contributed by atoms with Gasteiger partial charge in [0, 0.05) is 28.8 Å². The van der Waals surface area contributed by atoms with Gasteiger partial charge in [-0.15, -0.1) is 0 Å². The summed E-state index contributed by atoms with van der Waals surface area (Å²) >= 11 is 0. The third-order valence-corrected chi connectivity index (χ3v) is 4.82. The number of hydrogen-bond donors (Lipinski definition) is 1. The van der Waals surface area contributed by atoms with E-state index in [-0.39, 0.29) is 11.9 Å². The Bertz CT molecular complexity index is 1010. The summed E-state index contributed by atoms with van der Waals surface area (Å²) in [4.78, 5) is 12.5. The van der Waals surface area contributed by atoms with E-state index in [2.05, 4.69) is 4.72 Å². The minimum absolute atomic E-state index is 0.129. The smallest absolute Gasteiger partial charge is 0.229 e. The van der Waals surface area contributed by atoms with Gasteiger partial charge in [-0.25, -0.2) is 8.42 Å². The van der Waals surface area contributed by atoms with E-state index in [9.17, 15) is 13.2 Å². The topological polar surface area (TPSA) is 81.7 Å². The van der Waals surface area contributed by atoms with Crippen molar-refractivity contribution in [3.63, 3.8) is 0 Å². The highest BCUT2D eigenvalue weighted by atomic mass is 32.2. The van der Waals surface area contributed by atoms with Crippen LogP contribution in [0.15, 0.2) is 42.5 Å². The molecule has 6 nitrogen and oxygen atoms in total. The van der Waals surface area contributed by atoms with Crippen molar-refractivity contribution in [1.82, 2.24) is 0 Å². The molecule has 7 heteroatoms. The monoisotopic (exact) mass is 401 g/mol. The molecule has 0 unspecified atom stereocenters. The Balaban J connectivity index is 1.79. The van der Waals surface area contributed by atoms with Gasteiger partial charge in [-0.1, -0.05) is 0 Å².